The zero-order valence-corrected chi connectivity index (χ0v) is 32.6. The monoisotopic (exact) mass is 822 g/mol. The third-order valence-corrected chi connectivity index (χ3v) is 9.77. The number of nitrogens with zero attached hydrogens (tertiary/aromatic N) is 6. The Hall–Kier alpha value is -8.79. The minimum absolute atomic E-state index is 0.162. The third kappa shape index (κ3) is 8.64. The van der Waals surface area contributed by atoms with Gasteiger partial charge in [-0.25, -0.2) is 14.4 Å². The highest BCUT2D eigenvalue weighted by molar-refractivity contribution is 6.06. The molecule has 0 spiro atoms. The molecule has 0 saturated heterocycles. The van der Waals surface area contributed by atoms with Gasteiger partial charge in [0.2, 0.25) is 0 Å². The summed E-state index contributed by atoms with van der Waals surface area (Å²) >= 11 is 0. The second-order valence-corrected chi connectivity index (χ2v) is 13.9. The number of halogens is 1. The van der Waals surface area contributed by atoms with E-state index in [1.165, 1.54) is 30.6 Å². The summed E-state index contributed by atoms with van der Waals surface area (Å²) < 4.78 is 18.7. The summed E-state index contributed by atoms with van der Waals surface area (Å²) in [6.07, 6.45) is 3.07. The third-order valence-electron chi connectivity index (χ3n) is 9.77. The van der Waals surface area contributed by atoms with Crippen LogP contribution in [0.2, 0.25) is 0 Å². The van der Waals surface area contributed by atoms with Crippen molar-refractivity contribution in [3.63, 3.8) is 0 Å². The topological polar surface area (TPSA) is 208 Å². The number of hydrogen-bond acceptors (Lipinski definition) is 9. The molecule has 0 bridgehead atoms. The minimum Gasteiger partial charge on any atom is -0.492 e. The Morgan fingerprint density at radius 3 is 1.68 bits per heavy atom. The van der Waals surface area contributed by atoms with Gasteiger partial charge < -0.3 is 15.4 Å². The maximum Gasteiger partial charge on any atom is 0.255 e. The molecule has 6 aromatic carbocycles. The number of H-pyrrole nitrogens is 4. The summed E-state index contributed by atoms with van der Waals surface area (Å²) in [7, 11) is 0. The Balaban J connectivity index is 0.000000158. The lowest BCUT2D eigenvalue weighted by molar-refractivity contribution is 0.0946. The van der Waals surface area contributed by atoms with Crippen molar-refractivity contribution < 1.29 is 18.7 Å². The average molecular weight is 823 g/mol. The van der Waals surface area contributed by atoms with Crippen molar-refractivity contribution in [1.82, 2.24) is 56.1 Å². The standard InChI is InChI=1S/C24H20N6O2.C22H15FN6O/c31-24(25-11-12-32-19-7-2-1-3-8-19)18-6-4-5-16(13-18)22-20-14-17(23-26-15-27-30-23)9-10-21(20)28-29-22;23-16-5-7-17(8-6-16)26-22(30)15-3-1-2-13(10-15)20-18-11-14(21-24-12-25-29-21)4-9-19(18)27-28-20/h1-10,13-15H,11-12H2,(H,25,31)(H,28,29)(H,26,27,30);1-12H,(H,26,30)(H,27,28)(H,24,25,29). The number of ether oxygens (including phenoxy) is 1. The molecule has 15 nitrogen and oxygen atoms in total. The predicted molar refractivity (Wildman–Crippen MR) is 232 cm³/mol. The second kappa shape index (κ2) is 17.6. The molecular formula is C46H35FN12O3. The van der Waals surface area contributed by atoms with E-state index in [1.54, 1.807) is 30.6 Å². The summed E-state index contributed by atoms with van der Waals surface area (Å²) in [4.78, 5) is 33.7. The number of anilines is 1. The van der Waals surface area contributed by atoms with Crippen molar-refractivity contribution in [2.24, 2.45) is 0 Å². The van der Waals surface area contributed by atoms with Crippen LogP contribution in [0.3, 0.4) is 0 Å². The van der Waals surface area contributed by atoms with Crippen LogP contribution in [0.5, 0.6) is 5.75 Å². The molecule has 0 unspecified atom stereocenters. The van der Waals surface area contributed by atoms with E-state index in [9.17, 15) is 14.0 Å². The summed E-state index contributed by atoms with van der Waals surface area (Å²) in [5, 5.41) is 36.2. The fourth-order valence-electron chi connectivity index (χ4n) is 6.75. The maximum atomic E-state index is 13.1. The van der Waals surface area contributed by atoms with Crippen molar-refractivity contribution in [2.45, 2.75) is 0 Å². The Morgan fingerprint density at radius 1 is 0.565 bits per heavy atom. The highest BCUT2D eigenvalue weighted by atomic mass is 19.1. The van der Waals surface area contributed by atoms with E-state index in [2.05, 4.69) is 61.4 Å². The van der Waals surface area contributed by atoms with Crippen LogP contribution in [-0.4, -0.2) is 75.7 Å². The molecule has 10 aromatic rings. The molecule has 0 radical (unpaired) electrons. The molecule has 4 heterocycles. The Labute approximate surface area is 351 Å². The van der Waals surface area contributed by atoms with Crippen LogP contribution < -0.4 is 15.4 Å². The van der Waals surface area contributed by atoms with E-state index in [4.69, 9.17) is 4.74 Å². The zero-order chi connectivity index (χ0) is 42.3. The van der Waals surface area contributed by atoms with E-state index in [0.29, 0.717) is 41.6 Å². The molecular weight excluding hydrogens is 788 g/mol. The van der Waals surface area contributed by atoms with Crippen molar-refractivity contribution in [1.29, 1.82) is 0 Å². The molecule has 0 saturated carbocycles. The number of benzene rings is 6. The number of aromatic nitrogens is 10. The SMILES string of the molecule is O=C(NCCOc1ccccc1)c1cccc(-c2n[nH]c3ccc(-c4nc[nH]n4)cc23)c1.O=C(Nc1ccc(F)cc1)c1cccc(-c2n[nH]c3ccc(-c4nc[nH]n4)cc23)c1. The average Bonchev–Trinajstić information content (AvgIpc) is 4.17. The highest BCUT2D eigenvalue weighted by Crippen LogP contribution is 2.31. The van der Waals surface area contributed by atoms with E-state index < -0.39 is 0 Å². The number of carbonyl (C=O) groups excluding carboxylic acids is 2. The van der Waals surface area contributed by atoms with Gasteiger partial charge in [0.05, 0.1) is 29.0 Å². The van der Waals surface area contributed by atoms with Gasteiger partial charge in [0.25, 0.3) is 11.8 Å². The molecule has 6 N–H and O–H groups in total. The Kier molecular flexibility index (Phi) is 11.0. The first kappa shape index (κ1) is 38.7. The molecule has 0 aliphatic heterocycles. The van der Waals surface area contributed by atoms with Gasteiger partial charge in [-0.1, -0.05) is 42.5 Å². The van der Waals surface area contributed by atoms with Gasteiger partial charge in [-0.2, -0.15) is 20.4 Å². The van der Waals surface area contributed by atoms with E-state index in [0.717, 1.165) is 61.2 Å². The van der Waals surface area contributed by atoms with Gasteiger partial charge in [-0.3, -0.25) is 30.0 Å². The fraction of sp³-hybridized carbons (Fsp3) is 0.0435. The molecule has 304 valence electrons. The normalized spacial score (nSPS) is 10.9. The van der Waals surface area contributed by atoms with Crippen LogP contribution in [0.1, 0.15) is 20.7 Å². The molecule has 10 rings (SSSR count). The van der Waals surface area contributed by atoms with Crippen molar-refractivity contribution in [3.8, 4) is 51.0 Å². The first-order valence-corrected chi connectivity index (χ1v) is 19.4. The van der Waals surface area contributed by atoms with Crippen LogP contribution in [0.15, 0.2) is 152 Å². The van der Waals surface area contributed by atoms with E-state index >= 15 is 0 Å². The smallest absolute Gasteiger partial charge is 0.255 e. The van der Waals surface area contributed by atoms with Crippen molar-refractivity contribution >= 4 is 39.3 Å². The molecule has 0 aliphatic rings. The maximum absolute atomic E-state index is 13.1. The number of fused-ring (bicyclic) bond motifs is 2. The molecule has 16 heteroatoms. The molecule has 4 aromatic heterocycles. The quantitative estimate of drug-likeness (QED) is 0.0694. The number of nitrogens with one attached hydrogen (secondary N) is 6. The van der Waals surface area contributed by atoms with Gasteiger partial charge in [0.15, 0.2) is 11.6 Å². The van der Waals surface area contributed by atoms with Crippen LogP contribution in [-0.2, 0) is 0 Å². The Bertz CT molecular complexity index is 3110. The van der Waals surface area contributed by atoms with Gasteiger partial charge >= 0.3 is 0 Å². The van der Waals surface area contributed by atoms with Crippen LogP contribution in [0.4, 0.5) is 10.1 Å². The number of hydrogen-bond donors (Lipinski definition) is 6. The summed E-state index contributed by atoms with van der Waals surface area (Å²) in [5.74, 6) is 1.18. The first-order chi connectivity index (χ1) is 30.4. The van der Waals surface area contributed by atoms with Crippen LogP contribution in [0, 0.1) is 5.82 Å². The first-order valence-electron chi connectivity index (χ1n) is 19.4. The lowest BCUT2D eigenvalue weighted by Crippen LogP contribution is -2.28. The number of rotatable bonds is 11. The summed E-state index contributed by atoms with van der Waals surface area (Å²) in [5.41, 5.74) is 8.17. The van der Waals surface area contributed by atoms with Crippen LogP contribution in [0.25, 0.3) is 67.1 Å². The molecule has 2 amide bonds. The summed E-state index contributed by atoms with van der Waals surface area (Å²) in [6.45, 7) is 0.798. The number of carbonyl (C=O) groups is 2. The largest absolute Gasteiger partial charge is 0.492 e. The van der Waals surface area contributed by atoms with Gasteiger partial charge in [0.1, 0.15) is 30.8 Å². The van der Waals surface area contributed by atoms with E-state index in [1.807, 2.05) is 91.0 Å². The van der Waals surface area contributed by atoms with Crippen LogP contribution >= 0.6 is 0 Å². The Morgan fingerprint density at radius 2 is 1.13 bits per heavy atom. The van der Waals surface area contributed by atoms with Gasteiger partial charge in [-0.15, -0.1) is 0 Å². The molecule has 0 aliphatic carbocycles. The molecule has 62 heavy (non-hydrogen) atoms. The van der Waals surface area contributed by atoms with E-state index in [-0.39, 0.29) is 17.6 Å². The van der Waals surface area contributed by atoms with Gasteiger partial charge in [0, 0.05) is 49.8 Å². The highest BCUT2D eigenvalue weighted by Gasteiger charge is 2.15. The van der Waals surface area contributed by atoms with Crippen molar-refractivity contribution in [2.75, 3.05) is 18.5 Å². The van der Waals surface area contributed by atoms with Gasteiger partial charge in [-0.05, 0) is 97.1 Å². The minimum atomic E-state index is -0.357. The lowest BCUT2D eigenvalue weighted by Gasteiger charge is -2.08. The second-order valence-electron chi connectivity index (χ2n) is 13.9. The number of amides is 2. The number of aromatic amines is 4. The summed E-state index contributed by atoms with van der Waals surface area (Å²) in [6, 6.07) is 41.4. The number of para-hydroxylation sites is 1. The lowest BCUT2D eigenvalue weighted by atomic mass is 10.0. The molecule has 0 atom stereocenters. The predicted octanol–water partition coefficient (Wildman–Crippen LogP) is 8.23. The fourth-order valence-corrected chi connectivity index (χ4v) is 6.75. The zero-order valence-electron chi connectivity index (χ0n) is 32.6. The van der Waals surface area contributed by atoms with Crippen molar-refractivity contribution in [3.05, 3.63) is 169 Å². The molecule has 0 fully saturated rings.